The van der Waals surface area contributed by atoms with E-state index in [0.29, 0.717) is 40.3 Å². The summed E-state index contributed by atoms with van der Waals surface area (Å²) in [6.45, 7) is 2.07. The number of anilines is 2. The second-order valence-electron chi connectivity index (χ2n) is 7.55. The van der Waals surface area contributed by atoms with Crippen LogP contribution in [0.5, 0.6) is 5.75 Å². The molecule has 0 aliphatic heterocycles. The number of nitrogens with zero attached hydrogens (tertiary/aromatic N) is 3. The summed E-state index contributed by atoms with van der Waals surface area (Å²) < 4.78 is 11.3. The number of rotatable bonds is 5. The highest BCUT2D eigenvalue weighted by atomic mass is 16.5. The first-order valence-electron chi connectivity index (χ1n) is 9.79. The normalized spacial score (nSPS) is 17.8. The molecule has 5 rings (SSSR count). The van der Waals surface area contributed by atoms with Crippen LogP contribution in [0.25, 0.3) is 33.3 Å². The molecule has 0 saturated heterocycles. The first kappa shape index (κ1) is 18.4. The number of pyridine rings is 2. The molecule has 1 aliphatic carbocycles. The van der Waals surface area contributed by atoms with Gasteiger partial charge in [0.15, 0.2) is 5.58 Å². The van der Waals surface area contributed by atoms with Crippen LogP contribution in [0, 0.1) is 11.8 Å². The van der Waals surface area contributed by atoms with Crippen LogP contribution in [0.2, 0.25) is 0 Å². The summed E-state index contributed by atoms with van der Waals surface area (Å²) in [4.78, 5) is 25.9. The maximum Gasteiger partial charge on any atom is 0.229 e. The van der Waals surface area contributed by atoms with Gasteiger partial charge in [-0.1, -0.05) is 6.92 Å². The Morgan fingerprint density at radius 2 is 2.03 bits per heavy atom. The quantitative estimate of drug-likeness (QED) is 0.517. The van der Waals surface area contributed by atoms with E-state index in [4.69, 9.17) is 9.15 Å². The van der Waals surface area contributed by atoms with E-state index in [2.05, 4.69) is 32.5 Å². The second-order valence-corrected chi connectivity index (χ2v) is 7.55. The lowest BCUT2D eigenvalue weighted by atomic mass is 10.1. The number of nitrogens with one attached hydrogen (secondary N) is 2. The molecule has 3 aromatic heterocycles. The fourth-order valence-corrected chi connectivity index (χ4v) is 3.63. The number of hydrogen-bond donors (Lipinski definition) is 2. The van der Waals surface area contributed by atoms with Gasteiger partial charge in [0, 0.05) is 42.2 Å². The van der Waals surface area contributed by atoms with Crippen molar-refractivity contribution < 1.29 is 13.9 Å². The first-order valence-corrected chi connectivity index (χ1v) is 9.79. The van der Waals surface area contributed by atoms with Gasteiger partial charge < -0.3 is 19.8 Å². The van der Waals surface area contributed by atoms with E-state index >= 15 is 0 Å². The summed E-state index contributed by atoms with van der Waals surface area (Å²) in [6.07, 6.45) is 4.34. The average Bonchev–Trinajstić information content (AvgIpc) is 3.35. The Kier molecular flexibility index (Phi) is 4.27. The molecule has 30 heavy (non-hydrogen) atoms. The lowest BCUT2D eigenvalue weighted by molar-refractivity contribution is -0.117. The van der Waals surface area contributed by atoms with Crippen molar-refractivity contribution in [3.63, 3.8) is 0 Å². The second kappa shape index (κ2) is 6.98. The Morgan fingerprint density at radius 1 is 1.20 bits per heavy atom. The summed E-state index contributed by atoms with van der Waals surface area (Å²) in [6, 6.07) is 7.32. The number of amides is 1. The van der Waals surface area contributed by atoms with E-state index in [1.165, 1.54) is 0 Å². The minimum atomic E-state index is 0.00718. The first-order chi connectivity index (χ1) is 14.6. The van der Waals surface area contributed by atoms with Gasteiger partial charge in [0.1, 0.15) is 22.9 Å². The van der Waals surface area contributed by atoms with Crippen LogP contribution in [0.3, 0.4) is 0 Å². The molecule has 0 unspecified atom stereocenters. The largest absolute Gasteiger partial charge is 0.497 e. The Labute approximate surface area is 172 Å². The molecule has 1 aromatic carbocycles. The molecule has 0 radical (unpaired) electrons. The summed E-state index contributed by atoms with van der Waals surface area (Å²) in [5.74, 6) is 2.84. The molecule has 152 valence electrons. The number of oxazole rings is 1. The van der Waals surface area contributed by atoms with Crippen LogP contribution in [0.4, 0.5) is 11.6 Å². The van der Waals surface area contributed by atoms with Crippen LogP contribution in [0.15, 0.2) is 41.1 Å². The van der Waals surface area contributed by atoms with E-state index < -0.39 is 0 Å². The molecule has 1 fully saturated rings. The zero-order chi connectivity index (χ0) is 20.8. The number of ether oxygens (including phenoxy) is 1. The van der Waals surface area contributed by atoms with Gasteiger partial charge >= 0.3 is 0 Å². The highest BCUT2D eigenvalue weighted by Gasteiger charge is 2.39. The Hall–Kier alpha value is -3.68. The minimum absolute atomic E-state index is 0.00718. The highest BCUT2D eigenvalue weighted by molar-refractivity contribution is 6.03. The fourth-order valence-electron chi connectivity index (χ4n) is 3.63. The van der Waals surface area contributed by atoms with Gasteiger partial charge in [-0.05, 0) is 30.5 Å². The van der Waals surface area contributed by atoms with Crippen molar-refractivity contribution in [2.45, 2.75) is 13.3 Å². The standard InChI is InChI=1S/C22H21N5O3/c1-11-6-13(11)21(28)27-19-8-14-15(9-24-19)20(23-2)25-10-16(14)22-26-17-7-12(29-3)4-5-18(17)30-22/h4-5,7-11,13H,6H2,1-3H3,(H,23,25)(H,24,27,28)/t11-,13-/m1/s1. The SMILES string of the molecule is CNc1ncc(-c2nc3cc(OC)ccc3o2)c2cc(NC(=O)[C@@H]3C[C@H]3C)ncc12. The van der Waals surface area contributed by atoms with Crippen molar-refractivity contribution >= 4 is 39.4 Å². The van der Waals surface area contributed by atoms with Crippen LogP contribution < -0.4 is 15.4 Å². The molecule has 1 saturated carbocycles. The van der Waals surface area contributed by atoms with E-state index in [0.717, 1.165) is 22.8 Å². The summed E-state index contributed by atoms with van der Waals surface area (Å²) in [7, 11) is 3.42. The zero-order valence-electron chi connectivity index (χ0n) is 16.9. The Bertz CT molecular complexity index is 1280. The van der Waals surface area contributed by atoms with Crippen molar-refractivity contribution in [3.8, 4) is 17.2 Å². The number of hydrogen-bond acceptors (Lipinski definition) is 7. The number of carbonyl (C=O) groups excluding carboxylic acids is 1. The number of methoxy groups -OCH3 is 1. The van der Waals surface area contributed by atoms with E-state index in [-0.39, 0.29) is 11.8 Å². The van der Waals surface area contributed by atoms with Crippen molar-refractivity contribution in [2.24, 2.45) is 11.8 Å². The molecular formula is C22H21N5O3. The van der Waals surface area contributed by atoms with E-state index in [1.807, 2.05) is 24.3 Å². The molecule has 3 heterocycles. The van der Waals surface area contributed by atoms with Crippen LogP contribution in [0.1, 0.15) is 13.3 Å². The van der Waals surface area contributed by atoms with Crippen LogP contribution in [-0.2, 0) is 4.79 Å². The van der Waals surface area contributed by atoms with Crippen LogP contribution in [-0.4, -0.2) is 35.0 Å². The number of aromatic nitrogens is 3. The van der Waals surface area contributed by atoms with Crippen molar-refractivity contribution in [3.05, 3.63) is 36.7 Å². The molecular weight excluding hydrogens is 382 g/mol. The van der Waals surface area contributed by atoms with Gasteiger partial charge in [-0.15, -0.1) is 0 Å². The van der Waals surface area contributed by atoms with Crippen molar-refractivity contribution in [1.29, 1.82) is 0 Å². The molecule has 8 nitrogen and oxygen atoms in total. The molecule has 1 aliphatic rings. The molecule has 0 bridgehead atoms. The highest BCUT2D eigenvalue weighted by Crippen LogP contribution is 2.39. The lowest BCUT2D eigenvalue weighted by Gasteiger charge is -2.10. The van der Waals surface area contributed by atoms with Gasteiger partial charge in [-0.2, -0.15) is 0 Å². The van der Waals surface area contributed by atoms with Crippen molar-refractivity contribution in [1.82, 2.24) is 15.0 Å². The molecule has 4 aromatic rings. The topological polar surface area (TPSA) is 102 Å². The fraction of sp³-hybridized carbons (Fsp3) is 0.273. The summed E-state index contributed by atoms with van der Waals surface area (Å²) in [5.41, 5.74) is 2.07. The van der Waals surface area contributed by atoms with Gasteiger partial charge in [0.25, 0.3) is 0 Å². The summed E-state index contributed by atoms with van der Waals surface area (Å²) in [5, 5.41) is 7.65. The molecule has 0 spiro atoms. The molecule has 8 heteroatoms. The van der Waals surface area contributed by atoms with Gasteiger partial charge in [-0.3, -0.25) is 4.79 Å². The average molecular weight is 403 g/mol. The smallest absolute Gasteiger partial charge is 0.229 e. The summed E-state index contributed by atoms with van der Waals surface area (Å²) >= 11 is 0. The van der Waals surface area contributed by atoms with Crippen LogP contribution >= 0.6 is 0 Å². The Morgan fingerprint density at radius 3 is 2.77 bits per heavy atom. The van der Waals surface area contributed by atoms with E-state index in [9.17, 15) is 4.79 Å². The van der Waals surface area contributed by atoms with Gasteiger partial charge in [0.05, 0.1) is 12.7 Å². The van der Waals surface area contributed by atoms with E-state index in [1.54, 1.807) is 26.6 Å². The minimum Gasteiger partial charge on any atom is -0.497 e. The predicted octanol–water partition coefficient (Wildman–Crippen LogP) is 4.08. The maximum absolute atomic E-state index is 12.4. The molecule has 1 amide bonds. The third-order valence-electron chi connectivity index (χ3n) is 5.53. The maximum atomic E-state index is 12.4. The Balaban J connectivity index is 1.61. The van der Waals surface area contributed by atoms with Gasteiger partial charge in [0.2, 0.25) is 11.8 Å². The third-order valence-corrected chi connectivity index (χ3v) is 5.53. The third kappa shape index (κ3) is 3.10. The van der Waals surface area contributed by atoms with Crippen molar-refractivity contribution in [2.75, 3.05) is 24.8 Å². The monoisotopic (exact) mass is 403 g/mol. The number of fused-ring (bicyclic) bond motifs is 2. The lowest BCUT2D eigenvalue weighted by Crippen LogP contribution is -2.15. The van der Waals surface area contributed by atoms with Gasteiger partial charge in [-0.25, -0.2) is 15.0 Å². The predicted molar refractivity (Wildman–Crippen MR) is 115 cm³/mol. The number of benzene rings is 1. The molecule has 2 N–H and O–H groups in total. The molecule has 2 atom stereocenters. The number of carbonyl (C=O) groups is 1. The zero-order valence-corrected chi connectivity index (χ0v) is 16.9.